The highest BCUT2D eigenvalue weighted by Gasteiger charge is 2.36. The number of carboxylic acid groups (broad SMARTS) is 1. The lowest BCUT2D eigenvalue weighted by Gasteiger charge is -2.25. The summed E-state index contributed by atoms with van der Waals surface area (Å²) in [6.07, 6.45) is 1.10. The van der Waals surface area contributed by atoms with E-state index in [9.17, 15) is 18.0 Å². The van der Waals surface area contributed by atoms with Crippen LogP contribution in [0.2, 0.25) is 0 Å². The van der Waals surface area contributed by atoms with Crippen molar-refractivity contribution in [1.82, 2.24) is 9.03 Å². The SMILES string of the molecule is CCOC(=O)NS(=O)(=O)N1CCCCCC1C(=O)O. The van der Waals surface area contributed by atoms with Crippen molar-refractivity contribution in [1.29, 1.82) is 0 Å². The van der Waals surface area contributed by atoms with Gasteiger partial charge in [0.2, 0.25) is 0 Å². The van der Waals surface area contributed by atoms with E-state index in [0.29, 0.717) is 12.8 Å². The highest BCUT2D eigenvalue weighted by atomic mass is 32.2. The maximum absolute atomic E-state index is 12.0. The Labute approximate surface area is 111 Å². The number of carboxylic acids is 1. The summed E-state index contributed by atoms with van der Waals surface area (Å²) in [5.74, 6) is -1.21. The predicted octanol–water partition coefficient (Wildman–Crippen LogP) is 0.306. The van der Waals surface area contributed by atoms with Crippen LogP contribution in [0.4, 0.5) is 4.79 Å². The average Bonchev–Trinajstić information content (AvgIpc) is 2.53. The van der Waals surface area contributed by atoms with Crippen LogP contribution in [-0.2, 0) is 19.7 Å². The molecular weight excluding hydrogens is 276 g/mol. The van der Waals surface area contributed by atoms with Crippen molar-refractivity contribution in [3.05, 3.63) is 0 Å². The molecule has 0 aromatic heterocycles. The molecule has 1 fully saturated rings. The number of nitrogens with one attached hydrogen (secondary N) is 1. The molecule has 0 radical (unpaired) electrons. The molecule has 1 rings (SSSR count). The number of hydrogen-bond donors (Lipinski definition) is 2. The van der Waals surface area contributed by atoms with E-state index < -0.39 is 28.3 Å². The van der Waals surface area contributed by atoms with Crippen LogP contribution in [0, 0.1) is 0 Å². The smallest absolute Gasteiger partial charge is 0.421 e. The van der Waals surface area contributed by atoms with Gasteiger partial charge in [0.05, 0.1) is 6.61 Å². The quantitative estimate of drug-likeness (QED) is 0.771. The summed E-state index contributed by atoms with van der Waals surface area (Å²) in [5.41, 5.74) is 0. The van der Waals surface area contributed by atoms with E-state index in [1.165, 1.54) is 6.92 Å². The number of hydrogen-bond acceptors (Lipinski definition) is 5. The highest BCUT2D eigenvalue weighted by Crippen LogP contribution is 2.19. The zero-order valence-corrected chi connectivity index (χ0v) is 11.5. The third-order valence-corrected chi connectivity index (χ3v) is 4.26. The molecule has 8 nitrogen and oxygen atoms in total. The van der Waals surface area contributed by atoms with Crippen LogP contribution in [0.1, 0.15) is 32.6 Å². The molecule has 110 valence electrons. The molecule has 1 saturated heterocycles. The molecule has 1 aliphatic heterocycles. The molecule has 0 aromatic carbocycles. The third kappa shape index (κ3) is 4.35. The van der Waals surface area contributed by atoms with Gasteiger partial charge in [-0.05, 0) is 19.8 Å². The van der Waals surface area contributed by atoms with Gasteiger partial charge in [0, 0.05) is 6.54 Å². The minimum atomic E-state index is -4.19. The molecule has 0 spiro atoms. The van der Waals surface area contributed by atoms with Gasteiger partial charge in [0.1, 0.15) is 6.04 Å². The first-order valence-electron chi connectivity index (χ1n) is 6.07. The summed E-state index contributed by atoms with van der Waals surface area (Å²) in [7, 11) is -4.19. The van der Waals surface area contributed by atoms with E-state index in [-0.39, 0.29) is 19.6 Å². The molecular formula is C10H18N2O6S. The van der Waals surface area contributed by atoms with Crippen molar-refractivity contribution in [3.63, 3.8) is 0 Å². The summed E-state index contributed by atoms with van der Waals surface area (Å²) in [6, 6.07) is -1.14. The zero-order valence-electron chi connectivity index (χ0n) is 10.7. The second-order valence-corrected chi connectivity index (χ2v) is 5.76. The van der Waals surface area contributed by atoms with Crippen molar-refractivity contribution in [2.45, 2.75) is 38.6 Å². The minimum Gasteiger partial charge on any atom is -0.480 e. The molecule has 0 saturated carbocycles. The van der Waals surface area contributed by atoms with Crippen molar-refractivity contribution < 1.29 is 27.9 Å². The average molecular weight is 294 g/mol. The monoisotopic (exact) mass is 294 g/mol. The largest absolute Gasteiger partial charge is 0.480 e. The van der Waals surface area contributed by atoms with Gasteiger partial charge in [-0.3, -0.25) is 4.79 Å². The van der Waals surface area contributed by atoms with Gasteiger partial charge in [-0.25, -0.2) is 9.52 Å². The molecule has 0 bridgehead atoms. The zero-order chi connectivity index (χ0) is 14.5. The van der Waals surface area contributed by atoms with E-state index in [1.54, 1.807) is 4.72 Å². The summed E-state index contributed by atoms with van der Waals surface area (Å²) in [6.45, 7) is 1.65. The van der Waals surface area contributed by atoms with Crippen LogP contribution in [0.25, 0.3) is 0 Å². The maximum atomic E-state index is 12.0. The fraction of sp³-hybridized carbons (Fsp3) is 0.800. The Balaban J connectivity index is 2.88. The van der Waals surface area contributed by atoms with E-state index >= 15 is 0 Å². The van der Waals surface area contributed by atoms with Gasteiger partial charge >= 0.3 is 22.3 Å². The van der Waals surface area contributed by atoms with Gasteiger partial charge in [0.25, 0.3) is 0 Å². The molecule has 2 N–H and O–H groups in total. The molecule has 0 aliphatic carbocycles. The summed E-state index contributed by atoms with van der Waals surface area (Å²) in [4.78, 5) is 22.3. The Bertz CT molecular complexity index is 435. The number of aliphatic carboxylic acids is 1. The van der Waals surface area contributed by atoms with E-state index in [2.05, 4.69) is 4.74 Å². The van der Waals surface area contributed by atoms with Crippen LogP contribution >= 0.6 is 0 Å². The summed E-state index contributed by atoms with van der Waals surface area (Å²) >= 11 is 0. The van der Waals surface area contributed by atoms with Crippen molar-refractivity contribution in [3.8, 4) is 0 Å². The third-order valence-electron chi connectivity index (χ3n) is 2.79. The summed E-state index contributed by atoms with van der Waals surface area (Å²) in [5, 5.41) is 9.08. The topological polar surface area (TPSA) is 113 Å². The van der Waals surface area contributed by atoms with Gasteiger partial charge in [-0.15, -0.1) is 0 Å². The second-order valence-electron chi connectivity index (χ2n) is 4.14. The molecule has 1 unspecified atom stereocenters. The van der Waals surface area contributed by atoms with E-state index in [4.69, 9.17) is 5.11 Å². The Kier molecular flexibility index (Phi) is 5.55. The predicted molar refractivity (Wildman–Crippen MR) is 65.7 cm³/mol. The van der Waals surface area contributed by atoms with Gasteiger partial charge in [0.15, 0.2) is 0 Å². The molecule has 0 aromatic rings. The van der Waals surface area contributed by atoms with Gasteiger partial charge in [-0.1, -0.05) is 12.8 Å². The minimum absolute atomic E-state index is 0.0315. The standard InChI is InChI=1S/C10H18N2O6S/c1-2-18-10(15)11-19(16,17)12-7-5-3-4-6-8(12)9(13)14/h8H,2-7H2,1H3,(H,11,15)(H,13,14). The molecule has 1 aliphatic rings. The fourth-order valence-electron chi connectivity index (χ4n) is 1.94. The first-order chi connectivity index (χ1) is 8.88. The number of nitrogens with zero attached hydrogens (tertiary/aromatic N) is 1. The Morgan fingerprint density at radius 1 is 1.37 bits per heavy atom. The van der Waals surface area contributed by atoms with Crippen LogP contribution in [0.3, 0.4) is 0 Å². The molecule has 1 atom stereocenters. The Hall–Kier alpha value is -1.35. The van der Waals surface area contributed by atoms with E-state index in [1.807, 2.05) is 0 Å². The van der Waals surface area contributed by atoms with Crippen molar-refractivity contribution in [2.24, 2.45) is 0 Å². The van der Waals surface area contributed by atoms with Gasteiger partial charge < -0.3 is 9.84 Å². The number of rotatable bonds is 4. The lowest BCUT2D eigenvalue weighted by molar-refractivity contribution is -0.141. The Morgan fingerprint density at radius 2 is 2.05 bits per heavy atom. The highest BCUT2D eigenvalue weighted by molar-refractivity contribution is 7.87. The second kappa shape index (κ2) is 6.71. The van der Waals surface area contributed by atoms with Crippen molar-refractivity contribution >= 4 is 22.3 Å². The molecule has 9 heteroatoms. The van der Waals surface area contributed by atoms with E-state index in [0.717, 1.165) is 10.7 Å². The van der Waals surface area contributed by atoms with Gasteiger partial charge in [-0.2, -0.15) is 12.7 Å². The maximum Gasteiger partial charge on any atom is 0.421 e. The summed E-state index contributed by atoms with van der Waals surface area (Å²) < 4.78 is 31.0. The number of carbonyl (C=O) groups is 2. The molecule has 1 heterocycles. The first kappa shape index (κ1) is 15.7. The number of carbonyl (C=O) groups excluding carboxylic acids is 1. The lowest BCUT2D eigenvalue weighted by atomic mass is 10.1. The van der Waals surface area contributed by atoms with Crippen LogP contribution in [0.15, 0.2) is 0 Å². The number of amides is 1. The Morgan fingerprint density at radius 3 is 2.63 bits per heavy atom. The van der Waals surface area contributed by atoms with Crippen LogP contribution < -0.4 is 4.72 Å². The normalized spacial score (nSPS) is 21.4. The lowest BCUT2D eigenvalue weighted by Crippen LogP contribution is -2.51. The first-order valence-corrected chi connectivity index (χ1v) is 7.51. The van der Waals surface area contributed by atoms with Crippen LogP contribution in [-0.4, -0.2) is 49.1 Å². The van der Waals surface area contributed by atoms with Crippen LogP contribution in [0.5, 0.6) is 0 Å². The number of ether oxygens (including phenoxy) is 1. The van der Waals surface area contributed by atoms with Crippen molar-refractivity contribution in [2.75, 3.05) is 13.2 Å². The fourth-order valence-corrected chi connectivity index (χ4v) is 3.23. The molecule has 19 heavy (non-hydrogen) atoms. The molecule has 1 amide bonds.